The van der Waals surface area contributed by atoms with Gasteiger partial charge in [-0.1, -0.05) is 95.3 Å². The Balaban J connectivity index is 1.75. The maximum Gasteiger partial charge on any atom is 0.394 e. The fourth-order valence-electron chi connectivity index (χ4n) is 3.49. The average molecular weight is 453 g/mol. The highest BCUT2D eigenvalue weighted by Gasteiger charge is 2.29. The van der Waals surface area contributed by atoms with E-state index >= 15 is 0 Å². The van der Waals surface area contributed by atoms with Crippen LogP contribution in [0.3, 0.4) is 0 Å². The van der Waals surface area contributed by atoms with Gasteiger partial charge in [0.05, 0.1) is 6.61 Å². The summed E-state index contributed by atoms with van der Waals surface area (Å²) in [6.45, 7) is 11.4. The summed E-state index contributed by atoms with van der Waals surface area (Å²) in [6, 6.07) is 26.1. The van der Waals surface area contributed by atoms with Gasteiger partial charge in [0.1, 0.15) is 18.1 Å². The van der Waals surface area contributed by atoms with Crippen molar-refractivity contribution in [3.8, 4) is 11.5 Å². The summed E-state index contributed by atoms with van der Waals surface area (Å²) in [6.07, 6.45) is 0. The molecule has 1 N–H and O–H groups in total. The second-order valence-electron chi connectivity index (χ2n) is 9.28. The highest BCUT2D eigenvalue weighted by molar-refractivity contribution is 7.41. The second kappa shape index (κ2) is 10.5. The topological polar surface area (TPSA) is 47.9 Å². The highest BCUT2D eigenvalue weighted by atomic mass is 31.2. The summed E-state index contributed by atoms with van der Waals surface area (Å²) in [5, 5.41) is 0. The minimum absolute atomic E-state index is 0.0455. The minimum atomic E-state index is -2.10. The lowest BCUT2D eigenvalue weighted by Gasteiger charge is -2.30. The lowest BCUT2D eigenvalue weighted by molar-refractivity contribution is 0.196. The van der Waals surface area contributed by atoms with Crippen LogP contribution in [0.5, 0.6) is 11.5 Å². The monoisotopic (exact) mass is 452 g/mol. The largest absolute Gasteiger partial charge is 0.491 e. The Labute approximate surface area is 193 Å². The molecule has 0 bridgehead atoms. The Kier molecular flexibility index (Phi) is 7.95. The predicted octanol–water partition coefficient (Wildman–Crippen LogP) is 7.00. The van der Waals surface area contributed by atoms with Crippen molar-refractivity contribution >= 4 is 8.60 Å². The zero-order chi connectivity index (χ0) is 23.2. The summed E-state index contributed by atoms with van der Waals surface area (Å²) in [4.78, 5) is 10.5. The maximum atomic E-state index is 10.5. The van der Waals surface area contributed by atoms with Crippen molar-refractivity contribution in [1.29, 1.82) is 0 Å². The molecule has 3 aromatic rings. The van der Waals surface area contributed by atoms with Crippen LogP contribution < -0.4 is 9.26 Å². The Morgan fingerprint density at radius 2 is 1.38 bits per heavy atom. The number of benzene rings is 3. The van der Waals surface area contributed by atoms with E-state index in [1.807, 2.05) is 54.6 Å². The second-order valence-corrected chi connectivity index (χ2v) is 10.2. The van der Waals surface area contributed by atoms with Crippen LogP contribution in [0.1, 0.15) is 51.3 Å². The van der Waals surface area contributed by atoms with Gasteiger partial charge in [0, 0.05) is 11.0 Å². The van der Waals surface area contributed by atoms with Crippen LogP contribution in [0, 0.1) is 0 Å². The van der Waals surface area contributed by atoms with Gasteiger partial charge in [-0.25, -0.2) is 0 Å². The molecule has 170 valence electrons. The van der Waals surface area contributed by atoms with Gasteiger partial charge in [0.15, 0.2) is 0 Å². The van der Waals surface area contributed by atoms with E-state index < -0.39 is 8.60 Å². The van der Waals surface area contributed by atoms with Gasteiger partial charge in [0.2, 0.25) is 0 Å². The SMILES string of the molecule is CC(C)(C)c1ccc(C(C)(C)c2ccccc2)c(OP(O)OCCOc2ccccc2)c1. The van der Waals surface area contributed by atoms with E-state index in [4.69, 9.17) is 13.8 Å². The molecule has 0 aromatic heterocycles. The summed E-state index contributed by atoms with van der Waals surface area (Å²) in [7, 11) is -2.10. The van der Waals surface area contributed by atoms with Crippen LogP contribution in [-0.2, 0) is 15.4 Å². The molecule has 5 heteroatoms. The van der Waals surface area contributed by atoms with Gasteiger partial charge >= 0.3 is 8.60 Å². The first-order chi connectivity index (χ1) is 15.2. The van der Waals surface area contributed by atoms with Crippen LogP contribution in [-0.4, -0.2) is 18.1 Å². The molecule has 0 saturated carbocycles. The first kappa shape index (κ1) is 24.3. The number of ether oxygens (including phenoxy) is 1. The van der Waals surface area contributed by atoms with Crippen LogP contribution in [0.15, 0.2) is 78.9 Å². The van der Waals surface area contributed by atoms with E-state index in [9.17, 15) is 4.89 Å². The Bertz CT molecular complexity index is 982. The van der Waals surface area contributed by atoms with Gasteiger partial charge in [-0.2, -0.15) is 0 Å². The molecule has 0 fully saturated rings. The number of rotatable bonds is 9. The van der Waals surface area contributed by atoms with Crippen LogP contribution >= 0.6 is 8.60 Å². The molecule has 0 amide bonds. The fourth-order valence-corrected chi connectivity index (χ4v) is 4.10. The van der Waals surface area contributed by atoms with Crippen molar-refractivity contribution in [3.05, 3.63) is 95.6 Å². The van der Waals surface area contributed by atoms with E-state index in [2.05, 4.69) is 58.9 Å². The quantitative estimate of drug-likeness (QED) is 0.280. The molecule has 3 aromatic carbocycles. The van der Waals surface area contributed by atoms with E-state index in [-0.39, 0.29) is 17.4 Å². The summed E-state index contributed by atoms with van der Waals surface area (Å²) < 4.78 is 17.1. The third-order valence-electron chi connectivity index (χ3n) is 5.49. The molecule has 32 heavy (non-hydrogen) atoms. The van der Waals surface area contributed by atoms with Crippen LogP contribution in [0.2, 0.25) is 0 Å². The predicted molar refractivity (Wildman–Crippen MR) is 131 cm³/mol. The molecule has 0 radical (unpaired) electrons. The molecule has 4 nitrogen and oxygen atoms in total. The Morgan fingerprint density at radius 3 is 2.00 bits per heavy atom. The van der Waals surface area contributed by atoms with E-state index in [1.54, 1.807) is 0 Å². The molecule has 0 heterocycles. The number of para-hydroxylation sites is 1. The molecule has 1 atom stereocenters. The zero-order valence-corrected chi connectivity index (χ0v) is 20.4. The Hall–Kier alpha value is -2.39. The summed E-state index contributed by atoms with van der Waals surface area (Å²) in [5.74, 6) is 1.41. The molecule has 1 unspecified atom stereocenters. The average Bonchev–Trinajstić information content (AvgIpc) is 2.77. The van der Waals surface area contributed by atoms with Crippen LogP contribution in [0.25, 0.3) is 0 Å². The molecular formula is C27H33O4P. The minimum Gasteiger partial charge on any atom is -0.491 e. The molecule has 3 rings (SSSR count). The molecule has 0 aliphatic carbocycles. The van der Waals surface area contributed by atoms with Gasteiger partial charge in [-0.3, -0.25) is 4.52 Å². The van der Waals surface area contributed by atoms with Crippen molar-refractivity contribution in [2.75, 3.05) is 13.2 Å². The normalized spacial score (nSPS) is 12.9. The molecular weight excluding hydrogens is 419 g/mol. The van der Waals surface area contributed by atoms with Gasteiger partial charge in [0.25, 0.3) is 0 Å². The van der Waals surface area contributed by atoms with Crippen molar-refractivity contribution in [1.82, 2.24) is 0 Å². The lowest BCUT2D eigenvalue weighted by Crippen LogP contribution is -2.21. The molecule has 0 aliphatic rings. The van der Waals surface area contributed by atoms with Gasteiger partial charge < -0.3 is 14.2 Å². The molecule has 0 saturated heterocycles. The third kappa shape index (κ3) is 6.32. The smallest absolute Gasteiger partial charge is 0.394 e. The third-order valence-corrected chi connectivity index (χ3v) is 6.25. The summed E-state index contributed by atoms with van der Waals surface area (Å²) in [5.41, 5.74) is 2.96. The zero-order valence-electron chi connectivity index (χ0n) is 19.5. The first-order valence-corrected chi connectivity index (χ1v) is 12.0. The highest BCUT2D eigenvalue weighted by Crippen LogP contribution is 2.44. The number of hydrogen-bond donors (Lipinski definition) is 1. The van der Waals surface area contributed by atoms with E-state index in [0.717, 1.165) is 16.9 Å². The van der Waals surface area contributed by atoms with Crippen molar-refractivity contribution in [2.24, 2.45) is 0 Å². The van der Waals surface area contributed by atoms with E-state index in [0.29, 0.717) is 12.4 Å². The molecule has 0 spiro atoms. The summed E-state index contributed by atoms with van der Waals surface area (Å²) >= 11 is 0. The van der Waals surface area contributed by atoms with Crippen molar-refractivity contribution < 1.29 is 18.7 Å². The van der Waals surface area contributed by atoms with Gasteiger partial charge in [-0.15, -0.1) is 0 Å². The van der Waals surface area contributed by atoms with Crippen molar-refractivity contribution in [2.45, 2.75) is 45.4 Å². The Morgan fingerprint density at radius 1 is 0.750 bits per heavy atom. The lowest BCUT2D eigenvalue weighted by atomic mass is 9.76. The van der Waals surface area contributed by atoms with Crippen LogP contribution in [0.4, 0.5) is 0 Å². The standard InChI is InChI=1S/C27H33O4P/c1-26(2,3)22-16-17-24(27(4,5)21-12-8-6-9-13-21)25(20-22)31-32(28)30-19-18-29-23-14-10-7-11-15-23/h6-17,20,28H,18-19H2,1-5H3. The maximum absolute atomic E-state index is 10.5. The molecule has 0 aliphatic heterocycles. The number of hydrogen-bond acceptors (Lipinski definition) is 4. The first-order valence-electron chi connectivity index (χ1n) is 10.9. The van der Waals surface area contributed by atoms with Crippen molar-refractivity contribution in [3.63, 3.8) is 0 Å². The van der Waals surface area contributed by atoms with Gasteiger partial charge in [-0.05, 0) is 34.7 Å². The fraction of sp³-hybridized carbons (Fsp3) is 0.333. The van der Waals surface area contributed by atoms with E-state index in [1.165, 1.54) is 5.56 Å².